The van der Waals surface area contributed by atoms with E-state index in [4.69, 9.17) is 10.5 Å². The second kappa shape index (κ2) is 6.72. The number of hydrogen-bond acceptors (Lipinski definition) is 2. The fraction of sp³-hybridized carbons (Fsp3) is 0.571. The van der Waals surface area contributed by atoms with Crippen molar-refractivity contribution < 1.29 is 9.13 Å². The quantitative estimate of drug-likeness (QED) is 0.828. The lowest BCUT2D eigenvalue weighted by Crippen LogP contribution is -2.27. The van der Waals surface area contributed by atoms with Crippen molar-refractivity contribution in [1.29, 1.82) is 0 Å². The largest absolute Gasteiger partial charge is 0.384 e. The van der Waals surface area contributed by atoms with Gasteiger partial charge in [0.25, 0.3) is 0 Å². The Morgan fingerprint density at radius 3 is 2.76 bits per heavy atom. The molecule has 0 aliphatic carbocycles. The number of aryl methyl sites for hydroxylation is 1. The van der Waals surface area contributed by atoms with Crippen molar-refractivity contribution in [2.45, 2.75) is 32.7 Å². The first-order valence-electron chi connectivity index (χ1n) is 6.02. The zero-order valence-corrected chi connectivity index (χ0v) is 10.9. The Morgan fingerprint density at radius 1 is 1.41 bits per heavy atom. The molecule has 1 aromatic rings. The predicted octanol–water partition coefficient (Wildman–Crippen LogP) is 2.68. The molecule has 1 rings (SSSR count). The molecule has 2 N–H and O–H groups in total. The number of hydrogen-bond donors (Lipinski definition) is 1. The lowest BCUT2D eigenvalue weighted by molar-refractivity contribution is 0.152. The number of ether oxygens (including phenoxy) is 1. The van der Waals surface area contributed by atoms with E-state index < -0.39 is 0 Å². The van der Waals surface area contributed by atoms with Gasteiger partial charge in [-0.15, -0.1) is 0 Å². The summed E-state index contributed by atoms with van der Waals surface area (Å²) in [7, 11) is 1.69. The summed E-state index contributed by atoms with van der Waals surface area (Å²) in [6.45, 7) is 4.82. The van der Waals surface area contributed by atoms with Crippen LogP contribution >= 0.6 is 0 Å². The van der Waals surface area contributed by atoms with Crippen molar-refractivity contribution in [2.24, 2.45) is 11.7 Å². The molecule has 0 aliphatic rings. The van der Waals surface area contributed by atoms with Crippen LogP contribution in [-0.2, 0) is 11.2 Å². The third-order valence-electron chi connectivity index (χ3n) is 2.95. The van der Waals surface area contributed by atoms with Gasteiger partial charge >= 0.3 is 0 Å². The van der Waals surface area contributed by atoms with Crippen molar-refractivity contribution in [3.05, 3.63) is 35.1 Å². The molecule has 0 fully saturated rings. The number of halogens is 1. The van der Waals surface area contributed by atoms with Gasteiger partial charge in [0, 0.05) is 19.8 Å². The van der Waals surface area contributed by atoms with Gasteiger partial charge in [-0.1, -0.05) is 13.0 Å². The number of rotatable bonds is 6. The van der Waals surface area contributed by atoms with Crippen molar-refractivity contribution in [3.63, 3.8) is 0 Å². The highest BCUT2D eigenvalue weighted by Crippen LogP contribution is 2.15. The van der Waals surface area contributed by atoms with Gasteiger partial charge in [-0.25, -0.2) is 4.39 Å². The van der Waals surface area contributed by atoms with Crippen molar-refractivity contribution in [3.8, 4) is 0 Å². The Morgan fingerprint density at radius 2 is 2.12 bits per heavy atom. The lowest BCUT2D eigenvalue weighted by atomic mass is 9.95. The van der Waals surface area contributed by atoms with Crippen molar-refractivity contribution in [2.75, 3.05) is 13.7 Å². The van der Waals surface area contributed by atoms with Gasteiger partial charge in [0.05, 0.1) is 0 Å². The van der Waals surface area contributed by atoms with E-state index in [9.17, 15) is 4.39 Å². The standard InChI is InChI=1S/C14H22FNO/c1-10(9-17-3)6-14(16)8-12-7-13(15)5-4-11(12)2/h4-5,7,10,14H,6,8-9,16H2,1-3H3. The molecule has 17 heavy (non-hydrogen) atoms. The first-order chi connectivity index (χ1) is 8.02. The van der Waals surface area contributed by atoms with Gasteiger partial charge < -0.3 is 10.5 Å². The minimum atomic E-state index is -0.192. The highest BCUT2D eigenvalue weighted by molar-refractivity contribution is 5.27. The Balaban J connectivity index is 2.55. The van der Waals surface area contributed by atoms with Crippen LogP contribution in [0.3, 0.4) is 0 Å². The third kappa shape index (κ3) is 4.84. The van der Waals surface area contributed by atoms with Gasteiger partial charge in [0.1, 0.15) is 5.82 Å². The highest BCUT2D eigenvalue weighted by Gasteiger charge is 2.11. The van der Waals surface area contributed by atoms with Crippen LogP contribution in [-0.4, -0.2) is 19.8 Å². The van der Waals surface area contributed by atoms with Crippen LogP contribution in [0.1, 0.15) is 24.5 Å². The molecular weight excluding hydrogens is 217 g/mol. The fourth-order valence-corrected chi connectivity index (χ4v) is 2.10. The molecule has 1 aromatic carbocycles. The van der Waals surface area contributed by atoms with E-state index in [0.717, 1.165) is 30.6 Å². The lowest BCUT2D eigenvalue weighted by Gasteiger charge is -2.17. The van der Waals surface area contributed by atoms with Crippen LogP contribution in [0.2, 0.25) is 0 Å². The SMILES string of the molecule is COCC(C)CC(N)Cc1cc(F)ccc1C. The van der Waals surface area contributed by atoms with E-state index >= 15 is 0 Å². The number of nitrogens with two attached hydrogens (primary N) is 1. The van der Waals surface area contributed by atoms with Gasteiger partial charge in [-0.05, 0) is 48.9 Å². The van der Waals surface area contributed by atoms with Crippen LogP contribution in [0, 0.1) is 18.7 Å². The van der Waals surface area contributed by atoms with Crippen LogP contribution in [0.5, 0.6) is 0 Å². The molecule has 2 unspecified atom stereocenters. The molecular formula is C14H22FNO. The normalized spacial score (nSPS) is 14.6. The maximum absolute atomic E-state index is 13.1. The predicted molar refractivity (Wildman–Crippen MR) is 68.5 cm³/mol. The molecule has 0 aromatic heterocycles. The topological polar surface area (TPSA) is 35.2 Å². The van der Waals surface area contributed by atoms with Crippen LogP contribution in [0.15, 0.2) is 18.2 Å². The van der Waals surface area contributed by atoms with Gasteiger partial charge in [-0.3, -0.25) is 0 Å². The van der Waals surface area contributed by atoms with E-state index in [0.29, 0.717) is 5.92 Å². The summed E-state index contributed by atoms with van der Waals surface area (Å²) >= 11 is 0. The third-order valence-corrected chi connectivity index (χ3v) is 2.95. The molecule has 0 spiro atoms. The highest BCUT2D eigenvalue weighted by atomic mass is 19.1. The van der Waals surface area contributed by atoms with Crippen LogP contribution in [0.25, 0.3) is 0 Å². The zero-order chi connectivity index (χ0) is 12.8. The molecule has 0 saturated heterocycles. The molecule has 3 heteroatoms. The van der Waals surface area contributed by atoms with E-state index in [-0.39, 0.29) is 11.9 Å². The average molecular weight is 239 g/mol. The first kappa shape index (κ1) is 14.1. The summed E-state index contributed by atoms with van der Waals surface area (Å²) in [5.41, 5.74) is 8.18. The van der Waals surface area contributed by atoms with Gasteiger partial charge in [-0.2, -0.15) is 0 Å². The summed E-state index contributed by atoms with van der Waals surface area (Å²) in [4.78, 5) is 0. The second-order valence-corrected chi connectivity index (χ2v) is 4.83. The molecule has 0 amide bonds. The average Bonchev–Trinajstić information content (AvgIpc) is 2.23. The minimum Gasteiger partial charge on any atom is -0.384 e. The number of benzene rings is 1. The summed E-state index contributed by atoms with van der Waals surface area (Å²) in [5, 5.41) is 0. The maximum atomic E-state index is 13.1. The first-order valence-corrected chi connectivity index (χ1v) is 6.02. The minimum absolute atomic E-state index is 0.0562. The molecule has 0 saturated carbocycles. The summed E-state index contributed by atoms with van der Waals surface area (Å²) in [6.07, 6.45) is 1.61. The molecule has 2 nitrogen and oxygen atoms in total. The van der Waals surface area contributed by atoms with Gasteiger partial charge in [0.15, 0.2) is 0 Å². The molecule has 96 valence electrons. The number of methoxy groups -OCH3 is 1. The molecule has 2 atom stereocenters. The molecule has 0 bridgehead atoms. The second-order valence-electron chi connectivity index (χ2n) is 4.83. The Bertz CT molecular complexity index is 354. The Labute approximate surface area is 103 Å². The Kier molecular flexibility index (Phi) is 5.59. The van der Waals surface area contributed by atoms with Crippen molar-refractivity contribution in [1.82, 2.24) is 0 Å². The molecule has 0 heterocycles. The van der Waals surface area contributed by atoms with E-state index in [2.05, 4.69) is 6.92 Å². The smallest absolute Gasteiger partial charge is 0.123 e. The van der Waals surface area contributed by atoms with Crippen LogP contribution < -0.4 is 5.73 Å². The van der Waals surface area contributed by atoms with E-state index in [1.54, 1.807) is 19.2 Å². The van der Waals surface area contributed by atoms with Crippen LogP contribution in [0.4, 0.5) is 4.39 Å². The van der Waals surface area contributed by atoms with Crippen molar-refractivity contribution >= 4 is 0 Å². The summed E-state index contributed by atoms with van der Waals surface area (Å²) < 4.78 is 18.2. The molecule has 0 aliphatic heterocycles. The van der Waals surface area contributed by atoms with Gasteiger partial charge in [0.2, 0.25) is 0 Å². The monoisotopic (exact) mass is 239 g/mol. The van der Waals surface area contributed by atoms with E-state index in [1.165, 1.54) is 6.07 Å². The molecule has 0 radical (unpaired) electrons. The summed E-state index contributed by atoms with van der Waals surface area (Å²) in [6, 6.07) is 4.92. The fourth-order valence-electron chi connectivity index (χ4n) is 2.10. The zero-order valence-electron chi connectivity index (χ0n) is 10.9. The Hall–Kier alpha value is -0.930. The maximum Gasteiger partial charge on any atom is 0.123 e. The summed E-state index contributed by atoms with van der Waals surface area (Å²) in [5.74, 6) is 0.242. The van der Waals surface area contributed by atoms with E-state index in [1.807, 2.05) is 6.92 Å².